The lowest BCUT2D eigenvalue weighted by Crippen LogP contribution is -2.01. The average Bonchev–Trinajstić information content (AvgIpc) is 2.91. The molecule has 1 unspecified atom stereocenters. The van der Waals surface area contributed by atoms with Crippen LogP contribution in [-0.2, 0) is 0 Å². The van der Waals surface area contributed by atoms with Gasteiger partial charge in [-0.15, -0.1) is 0 Å². The number of rotatable bonds is 24. The Morgan fingerprint density at radius 2 is 1.11 bits per heavy atom. The molecule has 1 atom stereocenters. The van der Waals surface area contributed by atoms with E-state index in [9.17, 15) is 10.2 Å². The summed E-state index contributed by atoms with van der Waals surface area (Å²) < 4.78 is 10.4. The van der Waals surface area contributed by atoms with Crippen LogP contribution in [0.3, 0.4) is 0 Å². The molecule has 0 spiro atoms. The molecule has 0 fully saturated rings. The Balaban J connectivity index is 1.94. The molecule has 0 saturated heterocycles. The first kappa shape index (κ1) is 33.1. The monoisotopic (exact) mass is 516 g/mol. The van der Waals surface area contributed by atoms with Crippen molar-refractivity contribution >= 4 is 6.08 Å². The zero-order valence-corrected chi connectivity index (χ0v) is 24.2. The van der Waals surface area contributed by atoms with E-state index in [2.05, 4.69) is 19.1 Å². The molecule has 1 aromatic rings. The minimum atomic E-state index is -0.462. The number of phenols is 1. The molecule has 1 aromatic carbocycles. The van der Waals surface area contributed by atoms with Gasteiger partial charge in [0.15, 0.2) is 11.5 Å². The number of aliphatic hydroxyl groups is 1. The van der Waals surface area contributed by atoms with Crippen molar-refractivity contribution in [3.05, 3.63) is 35.9 Å². The molecule has 4 heteroatoms. The first-order valence-corrected chi connectivity index (χ1v) is 15.1. The van der Waals surface area contributed by atoms with Gasteiger partial charge in [0, 0.05) is 0 Å². The van der Waals surface area contributed by atoms with E-state index >= 15 is 0 Å². The van der Waals surface area contributed by atoms with E-state index < -0.39 is 6.10 Å². The number of hydrogen-bond acceptors (Lipinski definition) is 4. The van der Waals surface area contributed by atoms with Gasteiger partial charge >= 0.3 is 0 Å². The highest BCUT2D eigenvalue weighted by Gasteiger charge is 2.10. The normalized spacial score (nSPS) is 12.5. The van der Waals surface area contributed by atoms with E-state index in [1.165, 1.54) is 123 Å². The average molecular weight is 517 g/mol. The minimum Gasteiger partial charge on any atom is -0.502 e. The third-order valence-electron chi connectivity index (χ3n) is 7.02. The molecule has 0 aromatic heterocycles. The lowest BCUT2D eigenvalue weighted by Gasteiger charge is -2.10. The van der Waals surface area contributed by atoms with Crippen LogP contribution in [0, 0.1) is 0 Å². The second-order valence-electron chi connectivity index (χ2n) is 10.3. The van der Waals surface area contributed by atoms with E-state index in [0.717, 1.165) is 18.4 Å². The summed E-state index contributed by atoms with van der Waals surface area (Å²) in [5, 5.41) is 20.3. The van der Waals surface area contributed by atoms with Crippen LogP contribution < -0.4 is 9.47 Å². The second-order valence-corrected chi connectivity index (χ2v) is 10.3. The molecule has 4 nitrogen and oxygen atoms in total. The van der Waals surface area contributed by atoms with Gasteiger partial charge in [-0.3, -0.25) is 0 Å². The Kier molecular flexibility index (Phi) is 20.7. The van der Waals surface area contributed by atoms with E-state index in [4.69, 9.17) is 9.47 Å². The minimum absolute atomic E-state index is 0.00975. The summed E-state index contributed by atoms with van der Waals surface area (Å²) in [7, 11) is 3.02. The lowest BCUT2D eigenvalue weighted by molar-refractivity contribution is 0.208. The second kappa shape index (κ2) is 23.2. The number of allylic oxidation sites excluding steroid dienone is 2. The standard InChI is InChI=1S/C33H56O4/c1-4-5-6-7-8-9-10-11-12-13-14-15-16-17-18-19-20-21-22-23-24-30(34)26-25-29-27-31(36-2)33(35)32(28-29)37-3/h11-12,25-28,30,34-35H,4-10,13-24H2,1-3H3/b12-11-,26-25+. The van der Waals surface area contributed by atoms with E-state index in [0.29, 0.717) is 11.5 Å². The molecule has 0 bridgehead atoms. The van der Waals surface area contributed by atoms with Crippen molar-refractivity contribution in [2.45, 2.75) is 135 Å². The molecular weight excluding hydrogens is 460 g/mol. The molecule has 2 N–H and O–H groups in total. The van der Waals surface area contributed by atoms with Crippen LogP contribution in [0.5, 0.6) is 17.2 Å². The number of aromatic hydroxyl groups is 1. The van der Waals surface area contributed by atoms with Crippen LogP contribution in [0.25, 0.3) is 6.08 Å². The summed E-state index contributed by atoms with van der Waals surface area (Å²) >= 11 is 0. The van der Waals surface area contributed by atoms with Gasteiger partial charge in [-0.1, -0.05) is 121 Å². The smallest absolute Gasteiger partial charge is 0.200 e. The zero-order chi connectivity index (χ0) is 27.0. The maximum absolute atomic E-state index is 10.3. The summed E-state index contributed by atoms with van der Waals surface area (Å²) in [6.07, 6.45) is 32.6. The lowest BCUT2D eigenvalue weighted by atomic mass is 10.0. The largest absolute Gasteiger partial charge is 0.502 e. The van der Waals surface area contributed by atoms with Gasteiger partial charge in [0.1, 0.15) is 0 Å². The summed E-state index contributed by atoms with van der Waals surface area (Å²) in [4.78, 5) is 0. The van der Waals surface area contributed by atoms with Crippen LogP contribution in [0.15, 0.2) is 30.4 Å². The quantitative estimate of drug-likeness (QED) is 0.106. The van der Waals surface area contributed by atoms with Crippen LogP contribution in [-0.4, -0.2) is 30.5 Å². The Morgan fingerprint density at radius 1 is 0.676 bits per heavy atom. The first-order chi connectivity index (χ1) is 18.1. The SMILES string of the molecule is CCCCCCCC/C=C\CCCCCCCCCCCCC(O)/C=C/c1cc(OC)c(O)c(OC)c1. The molecule has 0 aliphatic rings. The molecule has 0 aliphatic carbocycles. The topological polar surface area (TPSA) is 58.9 Å². The van der Waals surface area contributed by atoms with Gasteiger partial charge in [0.25, 0.3) is 0 Å². The number of phenolic OH excluding ortho intramolecular Hbond substituents is 1. The molecule has 212 valence electrons. The van der Waals surface area contributed by atoms with Gasteiger partial charge in [0.05, 0.1) is 20.3 Å². The molecule has 0 heterocycles. The fraction of sp³-hybridized carbons (Fsp3) is 0.697. The molecule has 0 saturated carbocycles. The Labute approximate surface area is 228 Å². The van der Waals surface area contributed by atoms with Crippen molar-refractivity contribution in [2.75, 3.05) is 14.2 Å². The predicted octanol–water partition coefficient (Wildman–Crippen LogP) is 9.77. The molecule has 0 aliphatic heterocycles. The fourth-order valence-corrected chi connectivity index (χ4v) is 4.64. The van der Waals surface area contributed by atoms with Crippen molar-refractivity contribution < 1.29 is 19.7 Å². The highest BCUT2D eigenvalue weighted by atomic mass is 16.5. The highest BCUT2D eigenvalue weighted by Crippen LogP contribution is 2.37. The van der Waals surface area contributed by atoms with E-state index in [1.807, 2.05) is 6.08 Å². The number of aliphatic hydroxyl groups excluding tert-OH is 1. The molecule has 0 amide bonds. The third kappa shape index (κ3) is 17.2. The Hall–Kier alpha value is -1.94. The fourth-order valence-electron chi connectivity index (χ4n) is 4.64. The summed E-state index contributed by atoms with van der Waals surface area (Å²) in [6.45, 7) is 2.28. The Bertz CT molecular complexity index is 700. The van der Waals surface area contributed by atoms with Crippen LogP contribution >= 0.6 is 0 Å². The Morgan fingerprint density at radius 3 is 1.57 bits per heavy atom. The maximum atomic E-state index is 10.3. The summed E-state index contributed by atoms with van der Waals surface area (Å²) in [5.41, 5.74) is 0.825. The van der Waals surface area contributed by atoms with Gasteiger partial charge in [-0.2, -0.15) is 0 Å². The van der Waals surface area contributed by atoms with E-state index in [1.54, 1.807) is 18.2 Å². The number of methoxy groups -OCH3 is 2. The van der Waals surface area contributed by atoms with Crippen LogP contribution in [0.2, 0.25) is 0 Å². The molecule has 0 radical (unpaired) electrons. The zero-order valence-electron chi connectivity index (χ0n) is 24.2. The maximum Gasteiger partial charge on any atom is 0.200 e. The van der Waals surface area contributed by atoms with Gasteiger partial charge in [0.2, 0.25) is 5.75 Å². The number of ether oxygens (including phenoxy) is 2. The number of hydrogen-bond donors (Lipinski definition) is 2. The van der Waals surface area contributed by atoms with E-state index in [-0.39, 0.29) is 5.75 Å². The number of unbranched alkanes of at least 4 members (excludes halogenated alkanes) is 16. The number of benzene rings is 1. The van der Waals surface area contributed by atoms with Crippen molar-refractivity contribution in [3.63, 3.8) is 0 Å². The molecule has 1 rings (SSSR count). The van der Waals surface area contributed by atoms with Crippen LogP contribution in [0.1, 0.15) is 134 Å². The summed E-state index contributed by atoms with van der Waals surface area (Å²) in [6, 6.07) is 3.46. The summed E-state index contributed by atoms with van der Waals surface area (Å²) in [5.74, 6) is 0.712. The first-order valence-electron chi connectivity index (χ1n) is 15.1. The van der Waals surface area contributed by atoms with Gasteiger partial charge in [-0.05, 0) is 49.8 Å². The van der Waals surface area contributed by atoms with Crippen molar-refractivity contribution in [1.82, 2.24) is 0 Å². The van der Waals surface area contributed by atoms with Gasteiger partial charge < -0.3 is 19.7 Å². The van der Waals surface area contributed by atoms with Crippen molar-refractivity contribution in [2.24, 2.45) is 0 Å². The predicted molar refractivity (Wildman–Crippen MR) is 159 cm³/mol. The third-order valence-corrected chi connectivity index (χ3v) is 7.02. The highest BCUT2D eigenvalue weighted by molar-refractivity contribution is 5.61. The molecular formula is C33H56O4. The molecule has 37 heavy (non-hydrogen) atoms. The van der Waals surface area contributed by atoms with Crippen molar-refractivity contribution in [3.8, 4) is 17.2 Å². The van der Waals surface area contributed by atoms with Crippen LogP contribution in [0.4, 0.5) is 0 Å². The van der Waals surface area contributed by atoms with Gasteiger partial charge in [-0.25, -0.2) is 0 Å². The van der Waals surface area contributed by atoms with Crippen molar-refractivity contribution in [1.29, 1.82) is 0 Å².